The van der Waals surface area contributed by atoms with Gasteiger partial charge >= 0.3 is 5.97 Å². The molecule has 2 aromatic rings. The van der Waals surface area contributed by atoms with E-state index in [-0.39, 0.29) is 46.6 Å². The van der Waals surface area contributed by atoms with Crippen molar-refractivity contribution in [2.24, 2.45) is 23.7 Å². The van der Waals surface area contributed by atoms with Crippen LogP contribution in [0.25, 0.3) is 0 Å². The molecular formula is C25H20FNO5. The molecule has 2 aromatic carbocycles. The summed E-state index contributed by atoms with van der Waals surface area (Å²) in [5.74, 6) is -2.61. The summed E-state index contributed by atoms with van der Waals surface area (Å²) in [6.07, 6.45) is 4.90. The van der Waals surface area contributed by atoms with Gasteiger partial charge in [0.2, 0.25) is 11.8 Å². The molecule has 162 valence electrons. The van der Waals surface area contributed by atoms with Gasteiger partial charge in [-0.2, -0.15) is 0 Å². The van der Waals surface area contributed by atoms with Gasteiger partial charge in [-0.1, -0.05) is 18.2 Å². The van der Waals surface area contributed by atoms with Gasteiger partial charge in [-0.25, -0.2) is 14.1 Å². The summed E-state index contributed by atoms with van der Waals surface area (Å²) in [5, 5.41) is 0. The molecule has 2 fully saturated rings. The molecule has 0 spiro atoms. The number of fused-ring (bicyclic) bond motifs is 5. The quantitative estimate of drug-likeness (QED) is 0.312. The van der Waals surface area contributed by atoms with Crippen molar-refractivity contribution in [3.8, 4) is 0 Å². The monoisotopic (exact) mass is 433 g/mol. The fourth-order valence-corrected chi connectivity index (χ4v) is 5.05. The zero-order valence-electron chi connectivity index (χ0n) is 17.3. The van der Waals surface area contributed by atoms with Crippen LogP contribution in [0, 0.1) is 36.4 Å². The van der Waals surface area contributed by atoms with Gasteiger partial charge in [0.15, 0.2) is 12.4 Å². The third kappa shape index (κ3) is 3.16. The lowest BCUT2D eigenvalue weighted by Gasteiger charge is -2.20. The van der Waals surface area contributed by atoms with Crippen LogP contribution in [0.3, 0.4) is 0 Å². The van der Waals surface area contributed by atoms with Crippen LogP contribution in [0.5, 0.6) is 0 Å². The topological polar surface area (TPSA) is 80.8 Å². The highest BCUT2D eigenvalue weighted by atomic mass is 19.1. The summed E-state index contributed by atoms with van der Waals surface area (Å²) in [6.45, 7) is 1.26. The summed E-state index contributed by atoms with van der Waals surface area (Å²) in [6, 6.07) is 9.59. The minimum absolute atomic E-state index is 0.0948. The number of carbonyl (C=O) groups is 4. The van der Waals surface area contributed by atoms with Crippen molar-refractivity contribution in [3.05, 3.63) is 77.1 Å². The number of ether oxygens (including phenoxy) is 1. The lowest BCUT2D eigenvalue weighted by Crippen LogP contribution is -2.33. The van der Waals surface area contributed by atoms with Crippen LogP contribution < -0.4 is 4.90 Å². The Hall–Kier alpha value is -3.61. The second-order valence-corrected chi connectivity index (χ2v) is 8.52. The van der Waals surface area contributed by atoms with Crippen LogP contribution >= 0.6 is 0 Å². The van der Waals surface area contributed by atoms with Crippen molar-refractivity contribution in [3.63, 3.8) is 0 Å². The van der Waals surface area contributed by atoms with Crippen molar-refractivity contribution in [2.75, 3.05) is 11.5 Å². The number of benzene rings is 2. The van der Waals surface area contributed by atoms with E-state index in [0.29, 0.717) is 11.3 Å². The van der Waals surface area contributed by atoms with Gasteiger partial charge in [0.25, 0.3) is 0 Å². The van der Waals surface area contributed by atoms with Crippen molar-refractivity contribution < 1.29 is 28.3 Å². The van der Waals surface area contributed by atoms with Crippen LogP contribution in [0.2, 0.25) is 0 Å². The van der Waals surface area contributed by atoms with E-state index >= 15 is 0 Å². The van der Waals surface area contributed by atoms with E-state index in [9.17, 15) is 23.6 Å². The van der Waals surface area contributed by atoms with Gasteiger partial charge < -0.3 is 4.74 Å². The Bertz CT molecular complexity index is 1160. The lowest BCUT2D eigenvalue weighted by molar-refractivity contribution is -0.123. The molecule has 4 atom stereocenters. The van der Waals surface area contributed by atoms with Gasteiger partial charge in [0, 0.05) is 5.56 Å². The minimum atomic E-state index is -0.747. The van der Waals surface area contributed by atoms with Crippen molar-refractivity contribution in [1.29, 1.82) is 0 Å². The number of allylic oxidation sites excluding steroid dienone is 2. The Morgan fingerprint density at radius 3 is 2.19 bits per heavy atom. The Morgan fingerprint density at radius 2 is 1.56 bits per heavy atom. The molecule has 7 heteroatoms. The number of anilines is 1. The standard InChI is InChI=1S/C25H20FNO5/c1-13-2-3-17(25(31)32-12-20(28)14-6-8-18(26)9-7-14)11-19(13)27-23(29)21-15-4-5-16(10-15)22(21)24(27)30/h2-9,11,15-16,21-22H,10,12H2,1H3/t15-,16+,21-,22-/m0/s1. The fourth-order valence-electron chi connectivity index (χ4n) is 5.05. The molecule has 0 radical (unpaired) electrons. The van der Waals surface area contributed by atoms with Crippen molar-refractivity contribution in [2.45, 2.75) is 13.3 Å². The number of imide groups is 1. The summed E-state index contributed by atoms with van der Waals surface area (Å²) >= 11 is 0. The number of halogens is 1. The highest BCUT2D eigenvalue weighted by molar-refractivity contribution is 6.23. The molecule has 2 amide bonds. The second-order valence-electron chi connectivity index (χ2n) is 8.52. The van der Waals surface area contributed by atoms with E-state index < -0.39 is 24.2 Å². The van der Waals surface area contributed by atoms with Crippen molar-refractivity contribution >= 4 is 29.3 Å². The molecule has 3 aliphatic rings. The SMILES string of the molecule is Cc1ccc(C(=O)OCC(=O)c2ccc(F)cc2)cc1N1C(=O)[C@@H]2[C@@H](C1=O)[C@H]1C=C[C@@H]2C1. The maximum absolute atomic E-state index is 13.1. The minimum Gasteiger partial charge on any atom is -0.454 e. The van der Waals surface area contributed by atoms with E-state index in [1.54, 1.807) is 13.0 Å². The maximum Gasteiger partial charge on any atom is 0.338 e. The molecule has 1 saturated carbocycles. The number of nitrogens with zero attached hydrogens (tertiary/aromatic N) is 1. The molecule has 1 saturated heterocycles. The van der Waals surface area contributed by atoms with Gasteiger partial charge in [-0.05, 0) is 67.1 Å². The van der Waals surface area contributed by atoms with Crippen LogP contribution in [0.1, 0.15) is 32.7 Å². The van der Waals surface area contributed by atoms with Crippen LogP contribution in [-0.4, -0.2) is 30.2 Å². The highest BCUT2D eigenvalue weighted by Gasteiger charge is 2.59. The first-order valence-electron chi connectivity index (χ1n) is 10.5. The average Bonchev–Trinajstić information content (AvgIpc) is 3.47. The van der Waals surface area contributed by atoms with Crippen LogP contribution in [-0.2, 0) is 14.3 Å². The zero-order chi connectivity index (χ0) is 22.6. The fraction of sp³-hybridized carbons (Fsp3) is 0.280. The number of ketones is 1. The third-order valence-corrected chi connectivity index (χ3v) is 6.66. The molecule has 1 heterocycles. The number of hydrogen-bond acceptors (Lipinski definition) is 5. The van der Waals surface area contributed by atoms with Gasteiger partial charge in [0.1, 0.15) is 5.82 Å². The Morgan fingerprint density at radius 1 is 0.969 bits per heavy atom. The number of aryl methyl sites for hydroxylation is 1. The predicted molar refractivity (Wildman–Crippen MR) is 112 cm³/mol. The van der Waals surface area contributed by atoms with Crippen molar-refractivity contribution in [1.82, 2.24) is 0 Å². The zero-order valence-corrected chi connectivity index (χ0v) is 17.3. The van der Waals surface area contributed by atoms with E-state index in [0.717, 1.165) is 18.6 Å². The molecule has 6 nitrogen and oxygen atoms in total. The molecule has 2 aliphatic carbocycles. The summed E-state index contributed by atoms with van der Waals surface area (Å²) in [7, 11) is 0. The Kier molecular flexibility index (Phi) is 4.77. The lowest BCUT2D eigenvalue weighted by atomic mass is 9.85. The summed E-state index contributed by atoms with van der Waals surface area (Å²) in [5.41, 5.74) is 1.42. The first-order valence-corrected chi connectivity index (χ1v) is 10.5. The van der Waals surface area contributed by atoms with E-state index in [1.807, 2.05) is 12.2 Å². The highest BCUT2D eigenvalue weighted by Crippen LogP contribution is 2.53. The molecular weight excluding hydrogens is 413 g/mol. The van der Waals surface area contributed by atoms with Crippen LogP contribution in [0.15, 0.2) is 54.6 Å². The maximum atomic E-state index is 13.1. The number of amides is 2. The summed E-state index contributed by atoms with van der Waals surface area (Å²) < 4.78 is 18.1. The molecule has 0 aromatic heterocycles. The largest absolute Gasteiger partial charge is 0.454 e. The smallest absolute Gasteiger partial charge is 0.338 e. The van der Waals surface area contributed by atoms with E-state index in [1.165, 1.54) is 29.2 Å². The van der Waals surface area contributed by atoms with E-state index in [4.69, 9.17) is 4.74 Å². The molecule has 2 bridgehead atoms. The first kappa shape index (κ1) is 20.3. The average molecular weight is 433 g/mol. The van der Waals surface area contributed by atoms with Gasteiger partial charge in [-0.15, -0.1) is 0 Å². The van der Waals surface area contributed by atoms with Crippen LogP contribution in [0.4, 0.5) is 10.1 Å². The molecule has 32 heavy (non-hydrogen) atoms. The molecule has 1 aliphatic heterocycles. The third-order valence-electron chi connectivity index (χ3n) is 6.66. The normalized spacial score (nSPS) is 25.4. The first-order chi connectivity index (χ1) is 15.3. The molecule has 5 rings (SSSR count). The molecule has 0 N–H and O–H groups in total. The predicted octanol–water partition coefficient (Wildman–Crippen LogP) is 3.49. The number of Topliss-reactive ketones (excluding diaryl/α,β-unsaturated/α-hetero) is 1. The number of esters is 1. The number of rotatable bonds is 5. The second kappa shape index (κ2) is 7.51. The van der Waals surface area contributed by atoms with E-state index in [2.05, 4.69) is 0 Å². The number of hydrogen-bond donors (Lipinski definition) is 0. The number of carbonyl (C=O) groups excluding carboxylic acids is 4. The summed E-state index contributed by atoms with van der Waals surface area (Å²) in [4.78, 5) is 52.1. The van der Waals surface area contributed by atoms with Gasteiger partial charge in [0.05, 0.1) is 23.1 Å². The Labute approximate surface area is 183 Å². The van der Waals surface area contributed by atoms with Gasteiger partial charge in [-0.3, -0.25) is 14.4 Å². The molecule has 0 unspecified atom stereocenters. The Balaban J connectivity index is 1.33.